The van der Waals surface area contributed by atoms with E-state index in [0.29, 0.717) is 5.92 Å². The van der Waals surface area contributed by atoms with Gasteiger partial charge < -0.3 is 0 Å². The largest absolute Gasteiger partial charge is 0.0842 e. The minimum Gasteiger partial charge on any atom is -0.0842 e. The molecule has 74 valence electrons. The molecule has 0 saturated carbocycles. The van der Waals surface area contributed by atoms with Crippen molar-refractivity contribution in [1.29, 1.82) is 0 Å². The summed E-state index contributed by atoms with van der Waals surface area (Å²) in [7, 11) is 0. The molecule has 0 fully saturated rings. The molecule has 1 atom stereocenters. The van der Waals surface area contributed by atoms with E-state index < -0.39 is 0 Å². The Labute approximate surface area is 90.6 Å². The molecule has 0 aliphatic heterocycles. The fourth-order valence-corrected chi connectivity index (χ4v) is 2.45. The first kappa shape index (κ1) is 8.72. The molecule has 0 radical (unpaired) electrons. The fraction of sp³-hybridized carbons (Fsp3) is 0.200. The fourth-order valence-electron chi connectivity index (χ4n) is 2.45. The number of fused-ring (bicyclic) bond motifs is 1. The molecule has 0 heterocycles. The lowest BCUT2D eigenvalue weighted by Crippen LogP contribution is -1.99. The van der Waals surface area contributed by atoms with E-state index in [1.165, 1.54) is 24.0 Å². The maximum atomic E-state index is 2.33. The van der Waals surface area contributed by atoms with Gasteiger partial charge in [0.2, 0.25) is 0 Å². The van der Waals surface area contributed by atoms with E-state index in [-0.39, 0.29) is 0 Å². The minimum absolute atomic E-state index is 0.533. The molecular weight excluding hydrogens is 180 g/mol. The zero-order valence-electron chi connectivity index (χ0n) is 8.69. The van der Waals surface area contributed by atoms with Gasteiger partial charge in [-0.05, 0) is 24.0 Å². The molecule has 2 aliphatic rings. The second-order valence-corrected chi connectivity index (χ2v) is 4.17. The van der Waals surface area contributed by atoms with Crippen molar-refractivity contribution in [3.63, 3.8) is 0 Å². The maximum absolute atomic E-state index is 2.33. The molecule has 0 aromatic heterocycles. The van der Waals surface area contributed by atoms with Gasteiger partial charge in [-0.15, -0.1) is 0 Å². The van der Waals surface area contributed by atoms with Crippen LogP contribution in [0.2, 0.25) is 0 Å². The van der Waals surface area contributed by atoms with E-state index in [4.69, 9.17) is 0 Å². The Morgan fingerprint density at radius 2 is 2.07 bits per heavy atom. The molecule has 0 bridgehead atoms. The summed E-state index contributed by atoms with van der Waals surface area (Å²) in [6.45, 7) is 0. The van der Waals surface area contributed by atoms with Crippen molar-refractivity contribution in [3.8, 4) is 0 Å². The Morgan fingerprint density at radius 1 is 1.13 bits per heavy atom. The topological polar surface area (TPSA) is 0 Å². The molecule has 0 N–H and O–H groups in total. The normalized spacial score (nSPS) is 22.7. The predicted octanol–water partition coefficient (Wildman–Crippen LogP) is 4.07. The average molecular weight is 194 g/mol. The minimum atomic E-state index is 0.533. The van der Waals surface area contributed by atoms with Crippen LogP contribution in [0.1, 0.15) is 29.9 Å². The van der Waals surface area contributed by atoms with Gasteiger partial charge in [0.1, 0.15) is 0 Å². The maximum Gasteiger partial charge on any atom is 0.0240 e. The average Bonchev–Trinajstić information content (AvgIpc) is 2.74. The van der Waals surface area contributed by atoms with Gasteiger partial charge in [0.15, 0.2) is 0 Å². The smallest absolute Gasteiger partial charge is 0.0240 e. The van der Waals surface area contributed by atoms with Crippen molar-refractivity contribution in [2.75, 3.05) is 0 Å². The molecule has 0 spiro atoms. The number of hydrogen-bond donors (Lipinski definition) is 0. The number of benzene rings is 1. The summed E-state index contributed by atoms with van der Waals surface area (Å²) < 4.78 is 0. The number of hydrogen-bond acceptors (Lipinski definition) is 0. The monoisotopic (exact) mass is 194 g/mol. The van der Waals surface area contributed by atoms with Crippen LogP contribution in [0.5, 0.6) is 0 Å². The van der Waals surface area contributed by atoms with E-state index >= 15 is 0 Å². The van der Waals surface area contributed by atoms with Gasteiger partial charge in [0, 0.05) is 5.92 Å². The predicted molar refractivity (Wildman–Crippen MR) is 64.7 cm³/mol. The molecule has 0 nitrogen and oxygen atoms in total. The van der Waals surface area contributed by atoms with Crippen molar-refractivity contribution < 1.29 is 0 Å². The number of allylic oxidation sites excluding steroid dienone is 5. The van der Waals surface area contributed by atoms with Crippen LogP contribution in [0.4, 0.5) is 0 Å². The van der Waals surface area contributed by atoms with Crippen molar-refractivity contribution >= 4 is 6.08 Å². The molecular formula is C15H14. The van der Waals surface area contributed by atoms with Gasteiger partial charge in [0.25, 0.3) is 0 Å². The number of rotatable bonds is 1. The molecule has 3 rings (SSSR count). The van der Waals surface area contributed by atoms with Crippen LogP contribution in [0, 0.1) is 0 Å². The zero-order chi connectivity index (χ0) is 10.1. The van der Waals surface area contributed by atoms with Gasteiger partial charge in [-0.2, -0.15) is 0 Å². The quantitative estimate of drug-likeness (QED) is 0.632. The Hall–Kier alpha value is -1.56. The third kappa shape index (κ3) is 1.46. The van der Waals surface area contributed by atoms with Crippen LogP contribution in [-0.2, 0) is 0 Å². The van der Waals surface area contributed by atoms with Crippen molar-refractivity contribution in [2.24, 2.45) is 0 Å². The summed E-state index contributed by atoms with van der Waals surface area (Å²) >= 11 is 0. The second-order valence-electron chi connectivity index (χ2n) is 4.17. The van der Waals surface area contributed by atoms with E-state index in [2.05, 4.69) is 54.6 Å². The van der Waals surface area contributed by atoms with Crippen LogP contribution in [0.15, 0.2) is 54.1 Å². The van der Waals surface area contributed by atoms with Crippen molar-refractivity contribution in [3.05, 3.63) is 65.3 Å². The first-order valence-corrected chi connectivity index (χ1v) is 5.58. The molecule has 1 unspecified atom stereocenters. The highest BCUT2D eigenvalue weighted by molar-refractivity contribution is 5.65. The molecule has 15 heavy (non-hydrogen) atoms. The van der Waals surface area contributed by atoms with Crippen LogP contribution in [0.3, 0.4) is 0 Å². The van der Waals surface area contributed by atoms with E-state index in [0.717, 1.165) is 0 Å². The summed E-state index contributed by atoms with van der Waals surface area (Å²) in [6, 6.07) is 8.70. The molecule has 0 amide bonds. The molecule has 1 aromatic rings. The van der Waals surface area contributed by atoms with Crippen molar-refractivity contribution in [2.45, 2.75) is 18.8 Å². The highest BCUT2D eigenvalue weighted by Crippen LogP contribution is 2.37. The Morgan fingerprint density at radius 3 is 2.93 bits per heavy atom. The molecule has 1 aromatic carbocycles. The standard InChI is InChI=1S/C15H14/c1-2-6-12(7-3-1)15-11-10-13-8-4-5-9-14(13)15/h1-2,4-6,8-11,15H,3,7H2. The zero-order valence-corrected chi connectivity index (χ0v) is 8.69. The first-order valence-electron chi connectivity index (χ1n) is 5.58. The van der Waals surface area contributed by atoms with Gasteiger partial charge in [-0.3, -0.25) is 0 Å². The Bertz CT molecular complexity index is 461. The summed E-state index contributed by atoms with van der Waals surface area (Å²) in [5.74, 6) is 0.533. The van der Waals surface area contributed by atoms with Gasteiger partial charge in [0.05, 0.1) is 0 Å². The highest BCUT2D eigenvalue weighted by Gasteiger charge is 2.20. The van der Waals surface area contributed by atoms with Gasteiger partial charge in [-0.25, -0.2) is 0 Å². The lowest BCUT2D eigenvalue weighted by molar-refractivity contribution is 0.859. The van der Waals surface area contributed by atoms with Crippen LogP contribution < -0.4 is 0 Å². The summed E-state index contributed by atoms with van der Waals surface area (Å²) in [5.41, 5.74) is 4.41. The third-order valence-corrected chi connectivity index (χ3v) is 3.24. The Balaban J connectivity index is 2.00. The summed E-state index contributed by atoms with van der Waals surface area (Å²) in [4.78, 5) is 0. The van der Waals surface area contributed by atoms with Crippen LogP contribution in [-0.4, -0.2) is 0 Å². The Kier molecular flexibility index (Phi) is 2.06. The van der Waals surface area contributed by atoms with E-state index in [9.17, 15) is 0 Å². The van der Waals surface area contributed by atoms with Gasteiger partial charge >= 0.3 is 0 Å². The van der Waals surface area contributed by atoms with E-state index in [1.54, 1.807) is 5.57 Å². The first-order chi connectivity index (χ1) is 7.45. The lowest BCUT2D eigenvalue weighted by atomic mass is 9.88. The molecule has 2 aliphatic carbocycles. The van der Waals surface area contributed by atoms with E-state index in [1.807, 2.05) is 0 Å². The van der Waals surface area contributed by atoms with Gasteiger partial charge in [-0.1, -0.05) is 60.2 Å². The lowest BCUT2D eigenvalue weighted by Gasteiger charge is -2.16. The van der Waals surface area contributed by atoms with Crippen LogP contribution >= 0.6 is 0 Å². The van der Waals surface area contributed by atoms with Crippen molar-refractivity contribution in [1.82, 2.24) is 0 Å². The molecule has 0 saturated heterocycles. The SMILES string of the molecule is C1=CCCC(C2C=Cc3ccccc32)=C1. The molecule has 0 heteroatoms. The summed E-state index contributed by atoms with van der Waals surface area (Å²) in [5, 5.41) is 0. The summed E-state index contributed by atoms with van der Waals surface area (Å²) in [6.07, 6.45) is 13.7. The highest BCUT2D eigenvalue weighted by atomic mass is 14.2. The van der Waals surface area contributed by atoms with Crippen LogP contribution in [0.25, 0.3) is 6.08 Å². The third-order valence-electron chi connectivity index (χ3n) is 3.24. The second kappa shape index (κ2) is 3.54.